The highest BCUT2D eigenvalue weighted by Crippen LogP contribution is 2.29. The van der Waals surface area contributed by atoms with Gasteiger partial charge in [0, 0.05) is 23.7 Å². The predicted molar refractivity (Wildman–Crippen MR) is 86.8 cm³/mol. The average molecular weight is 313 g/mol. The van der Waals surface area contributed by atoms with Gasteiger partial charge in [-0.1, -0.05) is 23.7 Å². The Hall–Kier alpha value is -1.26. The normalized spacial score (nSPS) is 11.6. The first-order chi connectivity index (χ1) is 9.69. The van der Waals surface area contributed by atoms with E-state index in [0.717, 1.165) is 5.56 Å². The van der Waals surface area contributed by atoms with Crippen LogP contribution in [0.4, 0.5) is 0 Å². The molecule has 0 aliphatic heterocycles. The van der Waals surface area contributed by atoms with Crippen molar-refractivity contribution in [3.05, 3.63) is 28.8 Å². The zero-order chi connectivity index (χ0) is 16.0. The molecule has 0 bridgehead atoms. The van der Waals surface area contributed by atoms with Crippen molar-refractivity contribution in [3.63, 3.8) is 0 Å². The molecule has 5 heteroatoms. The zero-order valence-electron chi connectivity index (χ0n) is 13.4. The van der Waals surface area contributed by atoms with E-state index in [0.29, 0.717) is 17.3 Å². The first-order valence-corrected chi connectivity index (χ1v) is 7.51. The van der Waals surface area contributed by atoms with Crippen molar-refractivity contribution in [1.29, 1.82) is 0 Å². The molecule has 0 spiro atoms. The van der Waals surface area contributed by atoms with Crippen LogP contribution in [0.5, 0.6) is 5.75 Å². The summed E-state index contributed by atoms with van der Waals surface area (Å²) in [6, 6.07) is 5.68. The summed E-state index contributed by atoms with van der Waals surface area (Å²) < 4.78 is 5.61. The van der Waals surface area contributed by atoms with E-state index < -0.39 is 0 Å². The van der Waals surface area contributed by atoms with Gasteiger partial charge in [0.1, 0.15) is 5.75 Å². The van der Waals surface area contributed by atoms with E-state index in [1.54, 1.807) is 6.07 Å². The van der Waals surface area contributed by atoms with E-state index in [1.807, 2.05) is 26.0 Å². The molecule has 0 fully saturated rings. The lowest BCUT2D eigenvalue weighted by atomic mass is 10.1. The Bertz CT molecular complexity index is 482. The van der Waals surface area contributed by atoms with Crippen molar-refractivity contribution in [1.82, 2.24) is 10.6 Å². The quantitative estimate of drug-likeness (QED) is 0.848. The lowest BCUT2D eigenvalue weighted by molar-refractivity contribution is -0.123. The van der Waals surface area contributed by atoms with E-state index in [1.165, 1.54) is 0 Å². The van der Waals surface area contributed by atoms with Gasteiger partial charge >= 0.3 is 0 Å². The zero-order valence-corrected chi connectivity index (χ0v) is 14.2. The topological polar surface area (TPSA) is 50.4 Å². The molecule has 0 aliphatic carbocycles. The van der Waals surface area contributed by atoms with E-state index in [9.17, 15) is 4.79 Å². The summed E-state index contributed by atoms with van der Waals surface area (Å²) in [5.41, 5.74) is 0.934. The van der Waals surface area contributed by atoms with Gasteiger partial charge in [0.15, 0.2) is 6.61 Å². The van der Waals surface area contributed by atoms with Crippen LogP contribution >= 0.6 is 11.6 Å². The number of carbonyl (C=O) groups excluding carboxylic acids is 1. The summed E-state index contributed by atoms with van der Waals surface area (Å²) in [6.45, 7) is 10.7. The molecule has 1 aromatic carbocycles. The number of amides is 1. The molecule has 118 valence electrons. The van der Waals surface area contributed by atoms with Crippen LogP contribution < -0.4 is 15.4 Å². The van der Waals surface area contributed by atoms with Crippen LogP contribution in [0.3, 0.4) is 0 Å². The Labute approximate surface area is 132 Å². The van der Waals surface area contributed by atoms with Gasteiger partial charge in [-0.05, 0) is 40.7 Å². The second-order valence-corrected chi connectivity index (χ2v) is 6.75. The number of nitrogens with one attached hydrogen (secondary N) is 2. The highest BCUT2D eigenvalue weighted by molar-refractivity contribution is 6.32. The fraction of sp³-hybridized carbons (Fsp3) is 0.562. The van der Waals surface area contributed by atoms with Gasteiger partial charge in [-0.3, -0.25) is 4.79 Å². The van der Waals surface area contributed by atoms with Crippen molar-refractivity contribution in [3.8, 4) is 5.75 Å². The van der Waals surface area contributed by atoms with E-state index >= 15 is 0 Å². The fourth-order valence-corrected chi connectivity index (χ4v) is 1.96. The highest BCUT2D eigenvalue weighted by atomic mass is 35.5. The maximum atomic E-state index is 11.7. The number of hydrogen-bond acceptors (Lipinski definition) is 3. The van der Waals surface area contributed by atoms with E-state index in [-0.39, 0.29) is 24.1 Å². The van der Waals surface area contributed by atoms with Crippen molar-refractivity contribution in [2.75, 3.05) is 6.61 Å². The Balaban J connectivity index is 2.74. The minimum Gasteiger partial charge on any atom is -0.482 e. The molecule has 2 N–H and O–H groups in total. The van der Waals surface area contributed by atoms with Gasteiger partial charge in [0.05, 0.1) is 5.02 Å². The smallest absolute Gasteiger partial charge is 0.258 e. The van der Waals surface area contributed by atoms with Crippen LogP contribution in [0.25, 0.3) is 0 Å². The van der Waals surface area contributed by atoms with E-state index in [4.69, 9.17) is 16.3 Å². The summed E-state index contributed by atoms with van der Waals surface area (Å²) in [6.07, 6.45) is 0. The molecule has 4 nitrogen and oxygen atoms in total. The first-order valence-electron chi connectivity index (χ1n) is 7.13. The molecule has 0 aromatic heterocycles. The highest BCUT2D eigenvalue weighted by Gasteiger charge is 2.14. The molecule has 0 saturated heterocycles. The summed E-state index contributed by atoms with van der Waals surface area (Å²) >= 11 is 6.18. The number of hydrogen-bond donors (Lipinski definition) is 2. The lowest BCUT2D eigenvalue weighted by Crippen LogP contribution is -2.36. The molecule has 0 aliphatic rings. The number of rotatable bonds is 6. The fourth-order valence-electron chi connectivity index (χ4n) is 1.72. The molecule has 1 amide bonds. The van der Waals surface area contributed by atoms with Crippen LogP contribution in [0.15, 0.2) is 18.2 Å². The SMILES string of the molecule is CC(C)NC(=O)COc1c(Cl)cccc1CNC(C)(C)C. The molecular weight excluding hydrogens is 288 g/mol. The summed E-state index contributed by atoms with van der Waals surface area (Å²) in [4.78, 5) is 11.7. The Morgan fingerprint density at radius 2 is 2.00 bits per heavy atom. The number of benzene rings is 1. The summed E-state index contributed by atoms with van der Waals surface area (Å²) in [7, 11) is 0. The minimum atomic E-state index is -0.153. The van der Waals surface area contributed by atoms with Gasteiger partial charge in [-0.15, -0.1) is 0 Å². The minimum absolute atomic E-state index is 0.00535. The predicted octanol–water partition coefficient (Wildman–Crippen LogP) is 3.13. The molecular formula is C16H25ClN2O2. The molecule has 0 saturated carbocycles. The second kappa shape index (κ2) is 7.66. The monoisotopic (exact) mass is 312 g/mol. The number of carbonyl (C=O) groups is 1. The van der Waals surface area contributed by atoms with Gasteiger partial charge < -0.3 is 15.4 Å². The number of halogens is 1. The van der Waals surface area contributed by atoms with Gasteiger partial charge in [-0.2, -0.15) is 0 Å². The van der Waals surface area contributed by atoms with Crippen LogP contribution in [0.2, 0.25) is 5.02 Å². The maximum Gasteiger partial charge on any atom is 0.258 e. The van der Waals surface area contributed by atoms with Crippen molar-refractivity contribution in [2.45, 2.75) is 52.7 Å². The standard InChI is InChI=1S/C16H25ClN2O2/c1-11(2)19-14(20)10-21-15-12(7-6-8-13(15)17)9-18-16(3,4)5/h6-8,11,18H,9-10H2,1-5H3,(H,19,20). The van der Waals surface area contributed by atoms with Crippen LogP contribution in [-0.2, 0) is 11.3 Å². The number of ether oxygens (including phenoxy) is 1. The molecule has 1 rings (SSSR count). The van der Waals surface area contributed by atoms with Gasteiger partial charge in [-0.25, -0.2) is 0 Å². The third-order valence-electron chi connectivity index (χ3n) is 2.65. The third kappa shape index (κ3) is 6.82. The van der Waals surface area contributed by atoms with Crippen molar-refractivity contribution in [2.24, 2.45) is 0 Å². The van der Waals surface area contributed by atoms with Crippen LogP contribution in [0.1, 0.15) is 40.2 Å². The molecule has 0 heterocycles. The van der Waals surface area contributed by atoms with E-state index in [2.05, 4.69) is 31.4 Å². The molecule has 1 aromatic rings. The Kier molecular flexibility index (Phi) is 6.49. The maximum absolute atomic E-state index is 11.7. The molecule has 0 radical (unpaired) electrons. The molecule has 0 unspecified atom stereocenters. The second-order valence-electron chi connectivity index (χ2n) is 6.34. The molecule has 21 heavy (non-hydrogen) atoms. The average Bonchev–Trinajstić information content (AvgIpc) is 2.33. The van der Waals surface area contributed by atoms with Crippen molar-refractivity contribution >= 4 is 17.5 Å². The van der Waals surface area contributed by atoms with Gasteiger partial charge in [0.2, 0.25) is 0 Å². The van der Waals surface area contributed by atoms with Gasteiger partial charge in [0.25, 0.3) is 5.91 Å². The lowest BCUT2D eigenvalue weighted by Gasteiger charge is -2.22. The Morgan fingerprint density at radius 1 is 1.33 bits per heavy atom. The third-order valence-corrected chi connectivity index (χ3v) is 2.95. The molecule has 0 atom stereocenters. The van der Waals surface area contributed by atoms with Crippen LogP contribution in [-0.4, -0.2) is 24.1 Å². The summed E-state index contributed by atoms with van der Waals surface area (Å²) in [5.74, 6) is 0.412. The number of para-hydroxylation sites is 1. The van der Waals surface area contributed by atoms with Crippen LogP contribution in [0, 0.1) is 0 Å². The largest absolute Gasteiger partial charge is 0.482 e. The first kappa shape index (κ1) is 17.8. The summed E-state index contributed by atoms with van der Waals surface area (Å²) in [5, 5.41) is 6.69. The van der Waals surface area contributed by atoms with Crippen molar-refractivity contribution < 1.29 is 9.53 Å². The Morgan fingerprint density at radius 3 is 2.57 bits per heavy atom.